The first kappa shape index (κ1) is 29.5. The smallest absolute Gasteiger partial charge is 0.413 e. The number of anilines is 2. The van der Waals surface area contributed by atoms with E-state index in [9.17, 15) is 4.79 Å². The zero-order valence-corrected chi connectivity index (χ0v) is 20.5. The number of carbonyl (C=O) groups is 1. The lowest BCUT2D eigenvalue weighted by atomic mass is 9.95. The van der Waals surface area contributed by atoms with Gasteiger partial charge in [0.05, 0.1) is 23.0 Å². The molecule has 2 aromatic heterocycles. The Labute approximate surface area is 204 Å². The molecule has 32 heavy (non-hydrogen) atoms. The molecule has 0 fully saturated rings. The maximum absolute atomic E-state index is 11.5. The molecule has 3 aromatic rings. The van der Waals surface area contributed by atoms with Gasteiger partial charge >= 0.3 is 6.09 Å². The molecule has 2 heterocycles. The maximum Gasteiger partial charge on any atom is 0.413 e. The molecule has 0 saturated carbocycles. The van der Waals surface area contributed by atoms with Crippen LogP contribution in [0.25, 0.3) is 21.5 Å². The normalized spacial score (nSPS) is 9.59. The van der Waals surface area contributed by atoms with Crippen LogP contribution in [0.15, 0.2) is 0 Å². The molecule has 178 valence electrons. The fourth-order valence-corrected chi connectivity index (χ4v) is 4.66. The minimum absolute atomic E-state index is 0. The summed E-state index contributed by atoms with van der Waals surface area (Å²) in [6.07, 6.45) is -0.519. The van der Waals surface area contributed by atoms with Gasteiger partial charge in [-0.15, -0.1) is 11.3 Å². The van der Waals surface area contributed by atoms with Crippen LogP contribution in [0.3, 0.4) is 0 Å². The number of methoxy groups -OCH3 is 1. The Morgan fingerprint density at radius 1 is 1.00 bits per heavy atom. The summed E-state index contributed by atoms with van der Waals surface area (Å²) in [6, 6.07) is 0. The third-order valence-electron chi connectivity index (χ3n) is 4.60. The molecule has 0 aliphatic carbocycles. The molecule has 0 bridgehead atoms. The summed E-state index contributed by atoms with van der Waals surface area (Å²) in [5.41, 5.74) is 11.4. The number of thiocarbonyl (C=S) groups is 1. The fraction of sp³-hybridized carbons (Fsp3) is 0.429. The number of nitrogens with one attached hydrogen (secondary N) is 3. The highest BCUT2D eigenvalue weighted by Crippen LogP contribution is 2.43. The van der Waals surface area contributed by atoms with Crippen LogP contribution in [0.1, 0.15) is 36.4 Å². The maximum atomic E-state index is 11.5. The van der Waals surface area contributed by atoms with E-state index in [1.165, 1.54) is 29.6 Å². The van der Waals surface area contributed by atoms with Gasteiger partial charge in [-0.25, -0.2) is 14.8 Å². The van der Waals surface area contributed by atoms with E-state index in [0.717, 1.165) is 37.0 Å². The first-order valence-corrected chi connectivity index (χ1v) is 11.1. The SMILES string of the molecule is C.C.CNC(N)=S.CNc1nc(-c2c(C)c(C)c(C)c3nc(NC(=O)OC)sc23)c(C)s1. The number of fused-ring (bicyclic) bond motifs is 1. The largest absolute Gasteiger partial charge is 0.453 e. The number of aromatic nitrogens is 2. The van der Waals surface area contributed by atoms with Crippen LogP contribution in [0.2, 0.25) is 0 Å². The zero-order valence-electron chi connectivity index (χ0n) is 18.0. The van der Waals surface area contributed by atoms with E-state index in [1.54, 1.807) is 18.4 Å². The summed E-state index contributed by atoms with van der Waals surface area (Å²) in [5.74, 6) is 0. The minimum Gasteiger partial charge on any atom is -0.453 e. The van der Waals surface area contributed by atoms with Crippen molar-refractivity contribution < 1.29 is 9.53 Å². The van der Waals surface area contributed by atoms with Crippen molar-refractivity contribution in [3.05, 3.63) is 21.6 Å². The Morgan fingerprint density at radius 3 is 2.06 bits per heavy atom. The summed E-state index contributed by atoms with van der Waals surface area (Å²) >= 11 is 7.44. The highest BCUT2D eigenvalue weighted by Gasteiger charge is 2.22. The number of rotatable bonds is 3. The van der Waals surface area contributed by atoms with Gasteiger partial charge in [0.1, 0.15) is 0 Å². The van der Waals surface area contributed by atoms with Crippen molar-refractivity contribution >= 4 is 66.6 Å². The molecule has 5 N–H and O–H groups in total. The third-order valence-corrected chi connectivity index (χ3v) is 6.78. The molecular weight excluding hydrogens is 464 g/mol. The molecule has 1 amide bonds. The van der Waals surface area contributed by atoms with Gasteiger partial charge in [-0.05, 0) is 56.6 Å². The van der Waals surface area contributed by atoms with Gasteiger partial charge in [0, 0.05) is 24.5 Å². The fourth-order valence-electron chi connectivity index (χ4n) is 2.77. The van der Waals surface area contributed by atoms with Gasteiger partial charge in [-0.1, -0.05) is 26.2 Å². The van der Waals surface area contributed by atoms with E-state index in [-0.39, 0.29) is 14.9 Å². The molecule has 3 rings (SSSR count). The molecule has 0 aliphatic rings. The van der Waals surface area contributed by atoms with Gasteiger partial charge in [0.2, 0.25) is 0 Å². The Bertz CT molecular complexity index is 1090. The van der Waals surface area contributed by atoms with Crippen LogP contribution in [-0.4, -0.2) is 42.4 Å². The van der Waals surface area contributed by atoms with Gasteiger partial charge in [-0.2, -0.15) is 0 Å². The van der Waals surface area contributed by atoms with Crippen LogP contribution in [0, 0.1) is 27.7 Å². The monoisotopic (exact) mass is 498 g/mol. The van der Waals surface area contributed by atoms with Crippen molar-refractivity contribution in [3.63, 3.8) is 0 Å². The summed E-state index contributed by atoms with van der Waals surface area (Å²) in [5, 5.41) is 10.1. The number of hydrogen-bond donors (Lipinski definition) is 4. The lowest BCUT2D eigenvalue weighted by Gasteiger charge is -2.12. The Morgan fingerprint density at radius 2 is 1.59 bits per heavy atom. The molecule has 0 aliphatic heterocycles. The summed E-state index contributed by atoms with van der Waals surface area (Å²) < 4.78 is 5.71. The topological polar surface area (TPSA) is 114 Å². The summed E-state index contributed by atoms with van der Waals surface area (Å²) in [6.45, 7) is 8.34. The van der Waals surface area contributed by atoms with Crippen LogP contribution < -0.4 is 21.7 Å². The quantitative estimate of drug-likeness (QED) is 0.345. The Hall–Kier alpha value is -2.50. The lowest BCUT2D eigenvalue weighted by Crippen LogP contribution is -2.24. The second-order valence-electron chi connectivity index (χ2n) is 6.35. The number of nitrogens with zero attached hydrogens (tertiary/aromatic N) is 2. The second-order valence-corrected chi connectivity index (χ2v) is 8.99. The average molecular weight is 499 g/mol. The molecule has 11 heteroatoms. The highest BCUT2D eigenvalue weighted by atomic mass is 32.1. The number of nitrogens with two attached hydrogens (primary N) is 1. The first-order chi connectivity index (χ1) is 14.1. The van der Waals surface area contributed by atoms with Crippen molar-refractivity contribution in [2.75, 3.05) is 31.8 Å². The van der Waals surface area contributed by atoms with Crippen LogP contribution in [0.4, 0.5) is 15.1 Å². The minimum atomic E-state index is -0.519. The molecule has 0 spiro atoms. The standard InChI is InChI=1S/C17H20N4O2S2.C2H6N2S.2CH4/c1-7-8(2)11(13-10(4)24-15(18-5)20-13)14-12(9(7)3)19-16(25-14)21-17(22)23-6;1-4-2(3)5;;/h1-6H3,(H,18,20)(H,19,21,22);1H3,(H3,3,4,5);2*1H4. The molecule has 1 aromatic carbocycles. The van der Waals surface area contributed by atoms with Crippen LogP contribution in [-0.2, 0) is 4.74 Å². The van der Waals surface area contributed by atoms with Gasteiger partial charge in [0.15, 0.2) is 15.4 Å². The number of benzene rings is 1. The highest BCUT2D eigenvalue weighted by molar-refractivity contribution is 7.80. The van der Waals surface area contributed by atoms with E-state index in [2.05, 4.69) is 65.6 Å². The van der Waals surface area contributed by atoms with Crippen molar-refractivity contribution in [2.45, 2.75) is 42.5 Å². The zero-order chi connectivity index (χ0) is 22.6. The summed E-state index contributed by atoms with van der Waals surface area (Å²) in [7, 11) is 4.89. The van der Waals surface area contributed by atoms with Crippen molar-refractivity contribution in [1.29, 1.82) is 0 Å². The Kier molecular flexibility index (Phi) is 11.5. The predicted molar refractivity (Wildman–Crippen MR) is 145 cm³/mol. The molecule has 0 radical (unpaired) electrons. The van der Waals surface area contributed by atoms with Crippen molar-refractivity contribution in [3.8, 4) is 11.3 Å². The number of thiazole rings is 2. The van der Waals surface area contributed by atoms with Crippen molar-refractivity contribution in [2.24, 2.45) is 5.73 Å². The van der Waals surface area contributed by atoms with Crippen LogP contribution >= 0.6 is 34.9 Å². The van der Waals surface area contributed by atoms with E-state index in [1.807, 2.05) is 7.05 Å². The Balaban J connectivity index is 0.00000124. The first-order valence-electron chi connectivity index (χ1n) is 9.02. The third kappa shape index (κ3) is 6.27. The van der Waals surface area contributed by atoms with E-state index in [4.69, 9.17) is 10.7 Å². The average Bonchev–Trinajstić information content (AvgIpc) is 3.30. The molecule has 0 saturated heterocycles. The molecular formula is C21H34N6O2S3. The van der Waals surface area contributed by atoms with Gasteiger partial charge < -0.3 is 21.1 Å². The molecule has 0 unspecified atom stereocenters. The molecule has 0 atom stereocenters. The van der Waals surface area contributed by atoms with Crippen molar-refractivity contribution in [1.82, 2.24) is 15.3 Å². The predicted octanol–water partition coefficient (Wildman–Crippen LogP) is 5.60. The van der Waals surface area contributed by atoms with E-state index >= 15 is 0 Å². The lowest BCUT2D eigenvalue weighted by molar-refractivity contribution is 0.187. The number of ether oxygens (including phenoxy) is 1. The second kappa shape index (κ2) is 12.5. The number of carbonyl (C=O) groups excluding carboxylic acids is 1. The van der Waals surface area contributed by atoms with Crippen LogP contribution in [0.5, 0.6) is 0 Å². The summed E-state index contributed by atoms with van der Waals surface area (Å²) in [4.78, 5) is 22.0. The number of hydrogen-bond acceptors (Lipinski definition) is 8. The molecule has 8 nitrogen and oxygen atoms in total. The number of amides is 1. The van der Waals surface area contributed by atoms with E-state index < -0.39 is 6.09 Å². The number of aryl methyl sites for hydroxylation is 2. The van der Waals surface area contributed by atoms with Gasteiger partial charge in [-0.3, -0.25) is 5.32 Å². The van der Waals surface area contributed by atoms with Gasteiger partial charge in [0.25, 0.3) is 0 Å². The van der Waals surface area contributed by atoms with E-state index in [0.29, 0.717) is 10.2 Å².